The molecule has 1 rings (SSSR count). The average Bonchev–Trinajstić information content (AvgIpc) is 2.27. The Bertz CT molecular complexity index is 369. The third-order valence-corrected chi connectivity index (χ3v) is 3.20. The molecule has 1 amide bonds. The molecule has 88 valence electrons. The number of carbonyl (C=O) groups excluding carboxylic acids is 1. The summed E-state index contributed by atoms with van der Waals surface area (Å²) in [6.45, 7) is 4.36. The van der Waals surface area contributed by atoms with Crippen LogP contribution in [-0.4, -0.2) is 25.5 Å². The molecule has 2 N–H and O–H groups in total. The van der Waals surface area contributed by atoms with Crippen molar-refractivity contribution >= 4 is 37.8 Å². The number of halogens is 2. The minimum absolute atomic E-state index is 0.0638. The number of carbonyl (C=O) groups is 1. The van der Waals surface area contributed by atoms with Crippen molar-refractivity contribution in [1.82, 2.24) is 10.6 Å². The largest absolute Gasteiger partial charge is 0.351 e. The van der Waals surface area contributed by atoms with E-state index in [0.717, 1.165) is 22.0 Å². The quantitative estimate of drug-likeness (QED) is 0.802. The number of hydrogen-bond acceptors (Lipinski definition) is 2. The number of hydrogen-bond donors (Lipinski definition) is 2. The van der Waals surface area contributed by atoms with Gasteiger partial charge in [0.1, 0.15) is 0 Å². The summed E-state index contributed by atoms with van der Waals surface area (Å²) in [6.07, 6.45) is 0. The van der Waals surface area contributed by atoms with Gasteiger partial charge in [0.2, 0.25) is 0 Å². The molecule has 0 radical (unpaired) electrons. The molecule has 0 aromatic heterocycles. The highest BCUT2D eigenvalue weighted by Crippen LogP contribution is 2.21. The van der Waals surface area contributed by atoms with Crippen LogP contribution in [0.15, 0.2) is 27.1 Å². The Morgan fingerprint density at radius 2 is 2.06 bits per heavy atom. The third-order valence-electron chi connectivity index (χ3n) is 2.01. The molecule has 0 unspecified atom stereocenters. The Kier molecular flexibility index (Phi) is 6.01. The maximum absolute atomic E-state index is 11.8. The molecule has 16 heavy (non-hydrogen) atoms. The van der Waals surface area contributed by atoms with Gasteiger partial charge in [-0.15, -0.1) is 0 Å². The second-order valence-electron chi connectivity index (χ2n) is 3.23. The Morgan fingerprint density at radius 1 is 1.31 bits per heavy atom. The molecule has 0 aliphatic carbocycles. The summed E-state index contributed by atoms with van der Waals surface area (Å²) in [5.41, 5.74) is 0.644. The van der Waals surface area contributed by atoms with Gasteiger partial charge in [0.25, 0.3) is 5.91 Å². The van der Waals surface area contributed by atoms with Crippen LogP contribution < -0.4 is 10.6 Å². The molecule has 0 saturated heterocycles. The van der Waals surface area contributed by atoms with E-state index in [1.54, 1.807) is 6.07 Å². The summed E-state index contributed by atoms with van der Waals surface area (Å²) in [7, 11) is 0. The average molecular weight is 350 g/mol. The highest BCUT2D eigenvalue weighted by Gasteiger charge is 2.09. The SMILES string of the molecule is CCNCCNC(=O)c1cc(Br)ccc1Br. The van der Waals surface area contributed by atoms with Crippen LogP contribution in [0.2, 0.25) is 0 Å². The van der Waals surface area contributed by atoms with Crippen LogP contribution in [-0.2, 0) is 0 Å². The van der Waals surface area contributed by atoms with Crippen molar-refractivity contribution < 1.29 is 4.79 Å². The Balaban J connectivity index is 2.55. The summed E-state index contributed by atoms with van der Waals surface area (Å²) >= 11 is 6.70. The standard InChI is InChI=1S/C11H14Br2N2O/c1-2-14-5-6-15-11(16)9-7-8(12)3-4-10(9)13/h3-4,7,14H,2,5-6H2,1H3,(H,15,16). The van der Waals surface area contributed by atoms with E-state index in [1.165, 1.54) is 0 Å². The van der Waals surface area contributed by atoms with Gasteiger partial charge < -0.3 is 10.6 Å². The molecule has 0 spiro atoms. The lowest BCUT2D eigenvalue weighted by molar-refractivity contribution is 0.0953. The molecule has 0 bridgehead atoms. The van der Waals surface area contributed by atoms with Crippen molar-refractivity contribution in [2.45, 2.75) is 6.92 Å². The minimum Gasteiger partial charge on any atom is -0.351 e. The van der Waals surface area contributed by atoms with E-state index in [2.05, 4.69) is 42.5 Å². The minimum atomic E-state index is -0.0638. The summed E-state index contributed by atoms with van der Waals surface area (Å²) in [6, 6.07) is 5.54. The van der Waals surface area contributed by atoms with E-state index in [-0.39, 0.29) is 5.91 Å². The number of likely N-dealkylation sites (N-methyl/N-ethyl adjacent to an activating group) is 1. The van der Waals surface area contributed by atoms with Crippen molar-refractivity contribution in [3.05, 3.63) is 32.7 Å². The fraction of sp³-hybridized carbons (Fsp3) is 0.364. The predicted octanol–water partition coefficient (Wildman–Crippen LogP) is 2.55. The van der Waals surface area contributed by atoms with Gasteiger partial charge >= 0.3 is 0 Å². The summed E-state index contributed by atoms with van der Waals surface area (Å²) in [5.74, 6) is -0.0638. The van der Waals surface area contributed by atoms with Crippen LogP contribution in [0.5, 0.6) is 0 Å². The first-order valence-electron chi connectivity index (χ1n) is 5.09. The van der Waals surface area contributed by atoms with Gasteiger partial charge in [0, 0.05) is 22.0 Å². The van der Waals surface area contributed by atoms with Crippen LogP contribution in [0.4, 0.5) is 0 Å². The molecule has 0 heterocycles. The van der Waals surface area contributed by atoms with Crippen molar-refractivity contribution in [1.29, 1.82) is 0 Å². The van der Waals surface area contributed by atoms with Gasteiger partial charge in [-0.05, 0) is 40.7 Å². The van der Waals surface area contributed by atoms with E-state index in [0.29, 0.717) is 12.1 Å². The number of rotatable bonds is 5. The molecule has 1 aromatic rings. The van der Waals surface area contributed by atoms with Crippen LogP contribution in [0.25, 0.3) is 0 Å². The summed E-state index contributed by atoms with van der Waals surface area (Å²) < 4.78 is 1.70. The number of nitrogens with one attached hydrogen (secondary N) is 2. The molecule has 3 nitrogen and oxygen atoms in total. The first-order chi connectivity index (χ1) is 7.65. The zero-order chi connectivity index (χ0) is 12.0. The van der Waals surface area contributed by atoms with E-state index in [1.807, 2.05) is 19.1 Å². The molecule has 0 atom stereocenters. The molecule has 0 saturated carbocycles. The van der Waals surface area contributed by atoms with Gasteiger partial charge in [-0.25, -0.2) is 0 Å². The highest BCUT2D eigenvalue weighted by atomic mass is 79.9. The molecule has 0 aliphatic heterocycles. The van der Waals surface area contributed by atoms with Crippen LogP contribution >= 0.6 is 31.9 Å². The van der Waals surface area contributed by atoms with E-state index in [4.69, 9.17) is 0 Å². The monoisotopic (exact) mass is 348 g/mol. The molecule has 5 heteroatoms. The molecule has 0 fully saturated rings. The first kappa shape index (κ1) is 13.7. The fourth-order valence-electron chi connectivity index (χ4n) is 1.21. The smallest absolute Gasteiger partial charge is 0.252 e. The van der Waals surface area contributed by atoms with Gasteiger partial charge in [0.05, 0.1) is 5.56 Å². The normalized spacial score (nSPS) is 10.2. The van der Waals surface area contributed by atoms with Gasteiger partial charge in [-0.1, -0.05) is 22.9 Å². The highest BCUT2D eigenvalue weighted by molar-refractivity contribution is 9.11. The molecule has 1 aromatic carbocycles. The molecule has 0 aliphatic rings. The maximum atomic E-state index is 11.8. The van der Waals surface area contributed by atoms with Crippen LogP contribution in [0.3, 0.4) is 0 Å². The Hall–Kier alpha value is -0.390. The fourth-order valence-corrected chi connectivity index (χ4v) is 2.00. The van der Waals surface area contributed by atoms with E-state index < -0.39 is 0 Å². The van der Waals surface area contributed by atoms with Gasteiger partial charge in [-0.2, -0.15) is 0 Å². The molecular formula is C11H14Br2N2O. The van der Waals surface area contributed by atoms with Gasteiger partial charge in [-0.3, -0.25) is 4.79 Å². The third kappa shape index (κ3) is 4.23. The summed E-state index contributed by atoms with van der Waals surface area (Å²) in [5, 5.41) is 5.99. The van der Waals surface area contributed by atoms with E-state index >= 15 is 0 Å². The lowest BCUT2D eigenvalue weighted by atomic mass is 10.2. The zero-order valence-electron chi connectivity index (χ0n) is 9.02. The Labute approximate surface area is 112 Å². The van der Waals surface area contributed by atoms with Crippen molar-refractivity contribution in [2.75, 3.05) is 19.6 Å². The topological polar surface area (TPSA) is 41.1 Å². The lowest BCUT2D eigenvalue weighted by Gasteiger charge is -2.07. The van der Waals surface area contributed by atoms with Crippen LogP contribution in [0.1, 0.15) is 17.3 Å². The van der Waals surface area contributed by atoms with Crippen molar-refractivity contribution in [2.24, 2.45) is 0 Å². The predicted molar refractivity (Wildman–Crippen MR) is 72.7 cm³/mol. The second kappa shape index (κ2) is 7.04. The second-order valence-corrected chi connectivity index (χ2v) is 5.00. The lowest BCUT2D eigenvalue weighted by Crippen LogP contribution is -2.31. The van der Waals surface area contributed by atoms with Crippen molar-refractivity contribution in [3.8, 4) is 0 Å². The maximum Gasteiger partial charge on any atom is 0.252 e. The van der Waals surface area contributed by atoms with Gasteiger partial charge in [0.15, 0.2) is 0 Å². The number of amides is 1. The number of benzene rings is 1. The first-order valence-corrected chi connectivity index (χ1v) is 6.67. The summed E-state index contributed by atoms with van der Waals surface area (Å²) in [4.78, 5) is 11.8. The zero-order valence-corrected chi connectivity index (χ0v) is 12.2. The van der Waals surface area contributed by atoms with E-state index in [9.17, 15) is 4.79 Å². The van der Waals surface area contributed by atoms with Crippen LogP contribution in [0, 0.1) is 0 Å². The molecular weight excluding hydrogens is 336 g/mol. The van der Waals surface area contributed by atoms with Crippen molar-refractivity contribution in [3.63, 3.8) is 0 Å². The Morgan fingerprint density at radius 3 is 2.75 bits per heavy atom.